The van der Waals surface area contributed by atoms with Crippen molar-refractivity contribution in [1.82, 2.24) is 4.90 Å². The minimum atomic E-state index is -1.12. The van der Waals surface area contributed by atoms with Crippen molar-refractivity contribution >= 4 is 45.3 Å². The Morgan fingerprint density at radius 3 is 2.34 bits per heavy atom. The molecule has 0 unspecified atom stereocenters. The van der Waals surface area contributed by atoms with Crippen LogP contribution in [0, 0.1) is 30.6 Å². The molecule has 3 amide bonds. The first-order chi connectivity index (χ1) is 16.8. The summed E-state index contributed by atoms with van der Waals surface area (Å²) in [5.74, 6) is -2.64. The number of likely N-dealkylation sites (tertiary alicyclic amines) is 1. The molecule has 5 atom stereocenters. The summed E-state index contributed by atoms with van der Waals surface area (Å²) >= 11 is 3.41. The van der Waals surface area contributed by atoms with Crippen LogP contribution in [0.3, 0.4) is 0 Å². The molecule has 1 N–H and O–H groups in total. The van der Waals surface area contributed by atoms with Gasteiger partial charge in [0.1, 0.15) is 6.04 Å². The second-order valence-electron chi connectivity index (χ2n) is 9.37. The van der Waals surface area contributed by atoms with Gasteiger partial charge in [0.15, 0.2) is 6.61 Å². The Balaban J connectivity index is 1.31. The van der Waals surface area contributed by atoms with Crippen LogP contribution in [0.5, 0.6) is 0 Å². The van der Waals surface area contributed by atoms with Gasteiger partial charge in [0, 0.05) is 16.6 Å². The maximum Gasteiger partial charge on any atom is 0.330 e. The minimum absolute atomic E-state index is 0.0417. The predicted molar refractivity (Wildman–Crippen MR) is 132 cm³/mol. The van der Waals surface area contributed by atoms with E-state index < -0.39 is 36.4 Å². The Hall–Kier alpha value is -3.26. The summed E-state index contributed by atoms with van der Waals surface area (Å²) in [6.45, 7) is 1.38. The molecule has 8 heteroatoms. The molecule has 5 rings (SSSR count). The molecule has 2 aliphatic carbocycles. The summed E-state index contributed by atoms with van der Waals surface area (Å²) in [4.78, 5) is 53.4. The number of rotatable bonds is 7. The van der Waals surface area contributed by atoms with Crippen molar-refractivity contribution in [3.63, 3.8) is 0 Å². The molecule has 3 aliphatic rings. The number of hydrogen-bond donors (Lipinski definition) is 1. The van der Waals surface area contributed by atoms with Crippen LogP contribution in [0.25, 0.3) is 0 Å². The third-order valence-corrected chi connectivity index (χ3v) is 8.04. The molecule has 0 radical (unpaired) electrons. The lowest BCUT2D eigenvalue weighted by molar-refractivity contribution is -0.160. The predicted octanol–water partition coefficient (Wildman–Crippen LogP) is 3.66. The Labute approximate surface area is 211 Å². The highest BCUT2D eigenvalue weighted by molar-refractivity contribution is 9.10. The molecule has 2 aromatic rings. The first kappa shape index (κ1) is 23.5. The normalized spacial score (nSPS) is 25.0. The average molecular weight is 537 g/mol. The van der Waals surface area contributed by atoms with Gasteiger partial charge in [-0.2, -0.15) is 0 Å². The zero-order chi connectivity index (χ0) is 24.7. The van der Waals surface area contributed by atoms with E-state index >= 15 is 0 Å². The lowest BCUT2D eigenvalue weighted by Crippen LogP contribution is -2.48. The summed E-state index contributed by atoms with van der Waals surface area (Å²) in [6.07, 6.45) is 4.97. The van der Waals surface area contributed by atoms with Crippen molar-refractivity contribution in [2.75, 3.05) is 11.9 Å². The van der Waals surface area contributed by atoms with Gasteiger partial charge in [-0.05, 0) is 54.5 Å². The number of carbonyl (C=O) groups excluding carboxylic acids is 4. The van der Waals surface area contributed by atoms with Crippen molar-refractivity contribution in [3.05, 3.63) is 76.3 Å². The number of hydrogen-bond acceptors (Lipinski definition) is 5. The third kappa shape index (κ3) is 4.43. The second-order valence-corrected chi connectivity index (χ2v) is 10.2. The number of nitrogens with zero attached hydrogens (tertiary/aromatic N) is 1. The third-order valence-electron chi connectivity index (χ3n) is 7.15. The number of allylic oxidation sites excluding steroid dienone is 2. The van der Waals surface area contributed by atoms with E-state index in [-0.39, 0.29) is 30.1 Å². The average Bonchev–Trinajstić information content (AvgIpc) is 3.53. The summed E-state index contributed by atoms with van der Waals surface area (Å²) in [7, 11) is 0. The number of esters is 1. The number of nitrogens with one attached hydrogen (secondary N) is 1. The summed E-state index contributed by atoms with van der Waals surface area (Å²) in [5, 5.41) is 2.70. The van der Waals surface area contributed by atoms with Crippen LogP contribution in [0.4, 0.5) is 5.69 Å². The molecule has 0 spiro atoms. The van der Waals surface area contributed by atoms with Crippen LogP contribution in [0.15, 0.2) is 65.2 Å². The van der Waals surface area contributed by atoms with E-state index in [0.29, 0.717) is 5.69 Å². The van der Waals surface area contributed by atoms with Crippen molar-refractivity contribution < 1.29 is 23.9 Å². The molecule has 1 heterocycles. The molecule has 2 fully saturated rings. The summed E-state index contributed by atoms with van der Waals surface area (Å²) in [5.41, 5.74) is 2.32. The van der Waals surface area contributed by atoms with Gasteiger partial charge in [0.25, 0.3) is 5.91 Å². The van der Waals surface area contributed by atoms with Gasteiger partial charge in [-0.1, -0.05) is 58.4 Å². The van der Waals surface area contributed by atoms with Crippen LogP contribution in [0.1, 0.15) is 17.5 Å². The maximum absolute atomic E-state index is 13.3. The van der Waals surface area contributed by atoms with Crippen LogP contribution >= 0.6 is 15.9 Å². The highest BCUT2D eigenvalue weighted by Gasteiger charge is 2.61. The number of ether oxygens (including phenoxy) is 1. The molecular weight excluding hydrogens is 512 g/mol. The zero-order valence-corrected chi connectivity index (χ0v) is 20.7. The van der Waals surface area contributed by atoms with E-state index in [2.05, 4.69) is 21.2 Å². The molecule has 180 valence electrons. The van der Waals surface area contributed by atoms with Crippen LogP contribution in [0.2, 0.25) is 0 Å². The number of benzene rings is 2. The Morgan fingerprint density at radius 2 is 1.71 bits per heavy atom. The fourth-order valence-corrected chi connectivity index (χ4v) is 5.75. The van der Waals surface area contributed by atoms with E-state index in [0.717, 1.165) is 26.9 Å². The van der Waals surface area contributed by atoms with E-state index in [4.69, 9.17) is 4.74 Å². The molecule has 35 heavy (non-hydrogen) atoms. The smallest absolute Gasteiger partial charge is 0.330 e. The van der Waals surface area contributed by atoms with Crippen molar-refractivity contribution in [2.24, 2.45) is 23.7 Å². The quantitative estimate of drug-likeness (QED) is 0.331. The summed E-state index contributed by atoms with van der Waals surface area (Å²) in [6, 6.07) is 13.4. The van der Waals surface area contributed by atoms with Gasteiger partial charge in [0.05, 0.1) is 11.8 Å². The highest BCUT2D eigenvalue weighted by atomic mass is 79.9. The molecule has 7 nitrogen and oxygen atoms in total. The number of carbonyl (C=O) groups is 4. The van der Waals surface area contributed by atoms with E-state index in [1.165, 1.54) is 0 Å². The van der Waals surface area contributed by atoms with Crippen molar-refractivity contribution in [1.29, 1.82) is 0 Å². The lowest BCUT2D eigenvalue weighted by atomic mass is 9.85. The first-order valence-corrected chi connectivity index (χ1v) is 12.4. The monoisotopic (exact) mass is 536 g/mol. The highest BCUT2D eigenvalue weighted by Crippen LogP contribution is 2.53. The van der Waals surface area contributed by atoms with Gasteiger partial charge in [0.2, 0.25) is 11.8 Å². The lowest BCUT2D eigenvalue weighted by Gasteiger charge is -2.26. The van der Waals surface area contributed by atoms with Crippen molar-refractivity contribution in [2.45, 2.75) is 25.8 Å². The molecule has 0 aromatic heterocycles. The van der Waals surface area contributed by atoms with Crippen LogP contribution in [-0.2, 0) is 30.3 Å². The second kappa shape index (κ2) is 9.41. The zero-order valence-electron chi connectivity index (χ0n) is 19.1. The first-order valence-electron chi connectivity index (χ1n) is 11.7. The molecule has 1 saturated heterocycles. The van der Waals surface area contributed by atoms with Gasteiger partial charge in [-0.3, -0.25) is 19.3 Å². The maximum atomic E-state index is 13.3. The molecular formula is C27H25BrN2O5. The van der Waals surface area contributed by atoms with Gasteiger partial charge < -0.3 is 10.1 Å². The van der Waals surface area contributed by atoms with E-state index in [9.17, 15) is 19.2 Å². The Kier molecular flexibility index (Phi) is 6.32. The van der Waals surface area contributed by atoms with Crippen molar-refractivity contribution in [3.8, 4) is 0 Å². The van der Waals surface area contributed by atoms with Crippen LogP contribution < -0.4 is 5.32 Å². The molecule has 2 bridgehead atoms. The Bertz CT molecular complexity index is 1200. The Morgan fingerprint density at radius 1 is 1.06 bits per heavy atom. The fraction of sp³-hybridized carbons (Fsp3) is 0.333. The number of anilines is 1. The standard InChI is InChI=1S/C27H25BrN2O5/c1-15-11-19(9-10-20(15)28)29-22(31)14-35-27(34)21(12-16-5-3-2-4-6-16)30-25(32)23-17-7-8-18(13-17)24(23)26(30)33/h2-11,17-18,21,23-24H,12-14H2,1H3,(H,29,31)/t17-,18-,21+,23-,24+/m0/s1. The number of aryl methyl sites for hydroxylation is 1. The molecule has 2 aromatic carbocycles. The number of halogens is 1. The van der Waals surface area contributed by atoms with Gasteiger partial charge >= 0.3 is 5.97 Å². The van der Waals surface area contributed by atoms with E-state index in [1.54, 1.807) is 12.1 Å². The SMILES string of the molecule is Cc1cc(NC(=O)COC(=O)[C@@H](Cc2ccccc2)N2C(=O)[C@@H]3[C@H](C2=O)[C@H]2C=C[C@H]3C2)ccc1Br. The number of fused-ring (bicyclic) bond motifs is 5. The minimum Gasteiger partial charge on any atom is -0.454 e. The number of amides is 3. The molecule has 1 aliphatic heterocycles. The van der Waals surface area contributed by atoms with Crippen LogP contribution in [-0.4, -0.2) is 41.2 Å². The van der Waals surface area contributed by atoms with E-state index in [1.807, 2.05) is 55.5 Å². The molecule has 1 saturated carbocycles. The summed E-state index contributed by atoms with van der Waals surface area (Å²) < 4.78 is 6.26. The number of imide groups is 1. The largest absolute Gasteiger partial charge is 0.454 e. The van der Waals surface area contributed by atoms with Gasteiger partial charge in [-0.15, -0.1) is 0 Å². The topological polar surface area (TPSA) is 92.8 Å². The fourth-order valence-electron chi connectivity index (χ4n) is 5.50. The van der Waals surface area contributed by atoms with Gasteiger partial charge in [-0.25, -0.2) is 4.79 Å².